The summed E-state index contributed by atoms with van der Waals surface area (Å²) in [4.78, 5) is 36.1. The second kappa shape index (κ2) is 9.96. The van der Waals surface area contributed by atoms with Gasteiger partial charge in [0.15, 0.2) is 6.10 Å². The molecule has 1 unspecified atom stereocenters. The van der Waals surface area contributed by atoms with Crippen molar-refractivity contribution in [3.8, 4) is 11.5 Å². The highest BCUT2D eigenvalue weighted by Gasteiger charge is 2.19. The lowest BCUT2D eigenvalue weighted by molar-refractivity contribution is -0.152. The van der Waals surface area contributed by atoms with Crippen molar-refractivity contribution in [3.63, 3.8) is 0 Å². The van der Waals surface area contributed by atoms with Gasteiger partial charge < -0.3 is 24.8 Å². The van der Waals surface area contributed by atoms with Gasteiger partial charge in [-0.15, -0.1) is 0 Å². The molecule has 0 bridgehead atoms. The van der Waals surface area contributed by atoms with Crippen LogP contribution in [0.3, 0.4) is 0 Å². The lowest BCUT2D eigenvalue weighted by Crippen LogP contribution is -2.35. The van der Waals surface area contributed by atoms with Crippen LogP contribution in [-0.4, -0.2) is 44.7 Å². The van der Waals surface area contributed by atoms with Gasteiger partial charge in [-0.3, -0.25) is 14.4 Å². The Morgan fingerprint density at radius 1 is 0.964 bits per heavy atom. The second-order valence-electron chi connectivity index (χ2n) is 5.73. The number of hydrogen-bond acceptors (Lipinski definition) is 6. The molecule has 0 saturated carbocycles. The van der Waals surface area contributed by atoms with Crippen molar-refractivity contribution < 1.29 is 28.6 Å². The van der Waals surface area contributed by atoms with E-state index in [1.807, 2.05) is 0 Å². The standard InChI is InChI=1S/C20H22N2O6/c1-13(19(24)22-16-6-4-5-7-17(16)27-3)28-18(23)12-21-20(25)14-8-10-15(26-2)11-9-14/h4-11,13H,12H2,1-3H3,(H,21,25)(H,22,24). The zero-order valence-corrected chi connectivity index (χ0v) is 15.9. The van der Waals surface area contributed by atoms with E-state index in [0.29, 0.717) is 22.7 Å². The van der Waals surface area contributed by atoms with Crippen LogP contribution < -0.4 is 20.1 Å². The fraction of sp³-hybridized carbons (Fsp3) is 0.250. The van der Waals surface area contributed by atoms with Gasteiger partial charge in [-0.25, -0.2) is 0 Å². The number of para-hydroxylation sites is 2. The van der Waals surface area contributed by atoms with Crippen LogP contribution in [0.1, 0.15) is 17.3 Å². The fourth-order valence-electron chi connectivity index (χ4n) is 2.27. The Balaban J connectivity index is 1.82. The first-order valence-electron chi connectivity index (χ1n) is 8.50. The van der Waals surface area contributed by atoms with Crippen molar-refractivity contribution >= 4 is 23.5 Å². The van der Waals surface area contributed by atoms with E-state index >= 15 is 0 Å². The molecule has 0 radical (unpaired) electrons. The summed E-state index contributed by atoms with van der Waals surface area (Å²) in [6.07, 6.45) is -1.05. The number of rotatable bonds is 8. The predicted molar refractivity (Wildman–Crippen MR) is 103 cm³/mol. The number of hydrogen-bond donors (Lipinski definition) is 2. The summed E-state index contributed by atoms with van der Waals surface area (Å²) < 4.78 is 15.2. The molecule has 8 heteroatoms. The molecule has 2 rings (SSSR count). The van der Waals surface area contributed by atoms with Gasteiger partial charge in [-0.05, 0) is 43.3 Å². The second-order valence-corrected chi connectivity index (χ2v) is 5.73. The Hall–Kier alpha value is -3.55. The molecule has 0 aliphatic rings. The van der Waals surface area contributed by atoms with E-state index in [1.165, 1.54) is 21.1 Å². The number of ether oxygens (including phenoxy) is 3. The van der Waals surface area contributed by atoms with Crippen LogP contribution in [0.4, 0.5) is 5.69 Å². The summed E-state index contributed by atoms with van der Waals surface area (Å²) in [7, 11) is 3.01. The molecule has 2 N–H and O–H groups in total. The molecule has 0 aliphatic carbocycles. The summed E-state index contributed by atoms with van der Waals surface area (Å²) in [6.45, 7) is 1.07. The van der Waals surface area contributed by atoms with Gasteiger partial charge in [-0.2, -0.15) is 0 Å². The van der Waals surface area contributed by atoms with E-state index in [1.54, 1.807) is 48.5 Å². The number of anilines is 1. The van der Waals surface area contributed by atoms with E-state index < -0.39 is 23.9 Å². The quantitative estimate of drug-likeness (QED) is 0.673. The first-order chi connectivity index (χ1) is 13.4. The van der Waals surface area contributed by atoms with Crippen molar-refractivity contribution in [1.82, 2.24) is 5.32 Å². The Morgan fingerprint density at radius 3 is 2.29 bits per heavy atom. The molecule has 28 heavy (non-hydrogen) atoms. The van der Waals surface area contributed by atoms with Gasteiger partial charge in [0.05, 0.1) is 19.9 Å². The summed E-state index contributed by atoms with van der Waals surface area (Å²) >= 11 is 0. The minimum absolute atomic E-state index is 0.364. The van der Waals surface area contributed by atoms with Crippen LogP contribution in [0.15, 0.2) is 48.5 Å². The lowest BCUT2D eigenvalue weighted by Gasteiger charge is -2.15. The molecule has 0 aliphatic heterocycles. The van der Waals surface area contributed by atoms with Crippen molar-refractivity contribution in [1.29, 1.82) is 0 Å². The lowest BCUT2D eigenvalue weighted by atomic mass is 10.2. The Labute approximate surface area is 162 Å². The average molecular weight is 386 g/mol. The maximum absolute atomic E-state index is 12.2. The molecular weight excluding hydrogens is 364 g/mol. The molecule has 0 saturated heterocycles. The molecule has 0 spiro atoms. The summed E-state index contributed by atoms with van der Waals surface area (Å²) in [6, 6.07) is 13.3. The molecule has 2 amide bonds. The highest BCUT2D eigenvalue weighted by atomic mass is 16.5. The predicted octanol–water partition coefficient (Wildman–Crippen LogP) is 2.00. The molecule has 0 heterocycles. The van der Waals surface area contributed by atoms with Crippen LogP contribution in [0.5, 0.6) is 11.5 Å². The summed E-state index contributed by atoms with van der Waals surface area (Å²) in [5.41, 5.74) is 0.835. The highest BCUT2D eigenvalue weighted by molar-refractivity contribution is 5.98. The van der Waals surface area contributed by atoms with E-state index in [-0.39, 0.29) is 6.54 Å². The average Bonchev–Trinajstić information content (AvgIpc) is 2.72. The van der Waals surface area contributed by atoms with Crippen LogP contribution >= 0.6 is 0 Å². The molecule has 1 atom stereocenters. The zero-order chi connectivity index (χ0) is 20.5. The third kappa shape index (κ3) is 5.73. The molecular formula is C20H22N2O6. The molecule has 2 aromatic rings. The third-order valence-electron chi connectivity index (χ3n) is 3.79. The first-order valence-corrected chi connectivity index (χ1v) is 8.50. The molecule has 0 fully saturated rings. The number of amides is 2. The van der Waals surface area contributed by atoms with E-state index in [2.05, 4.69) is 10.6 Å². The van der Waals surface area contributed by atoms with Gasteiger partial charge in [0.1, 0.15) is 18.0 Å². The van der Waals surface area contributed by atoms with Crippen LogP contribution in [0.2, 0.25) is 0 Å². The number of carbonyl (C=O) groups excluding carboxylic acids is 3. The smallest absolute Gasteiger partial charge is 0.326 e. The van der Waals surface area contributed by atoms with Crippen LogP contribution in [0.25, 0.3) is 0 Å². The molecule has 148 valence electrons. The Bertz CT molecular complexity index is 835. The number of esters is 1. The minimum Gasteiger partial charge on any atom is -0.497 e. The fourth-order valence-corrected chi connectivity index (χ4v) is 2.27. The number of nitrogens with one attached hydrogen (secondary N) is 2. The normalized spacial score (nSPS) is 11.1. The summed E-state index contributed by atoms with van der Waals surface area (Å²) in [5, 5.41) is 5.07. The van der Waals surface area contributed by atoms with Gasteiger partial charge in [0.2, 0.25) is 0 Å². The summed E-state index contributed by atoms with van der Waals surface area (Å²) in [5.74, 6) is -0.582. The topological polar surface area (TPSA) is 103 Å². The number of benzene rings is 2. The van der Waals surface area contributed by atoms with Crippen molar-refractivity contribution in [3.05, 3.63) is 54.1 Å². The van der Waals surface area contributed by atoms with Gasteiger partial charge in [0, 0.05) is 5.56 Å². The van der Waals surface area contributed by atoms with Crippen molar-refractivity contribution in [2.45, 2.75) is 13.0 Å². The van der Waals surface area contributed by atoms with E-state index in [9.17, 15) is 14.4 Å². The number of methoxy groups -OCH3 is 2. The molecule has 8 nitrogen and oxygen atoms in total. The SMILES string of the molecule is COc1ccc(C(=O)NCC(=O)OC(C)C(=O)Nc2ccccc2OC)cc1. The number of carbonyl (C=O) groups is 3. The van der Waals surface area contributed by atoms with Crippen molar-refractivity contribution in [2.24, 2.45) is 0 Å². The molecule has 0 aromatic heterocycles. The van der Waals surface area contributed by atoms with Gasteiger partial charge >= 0.3 is 5.97 Å². The van der Waals surface area contributed by atoms with Gasteiger partial charge in [0.25, 0.3) is 11.8 Å². The Kier molecular flexibility index (Phi) is 7.38. The van der Waals surface area contributed by atoms with Crippen LogP contribution in [-0.2, 0) is 14.3 Å². The minimum atomic E-state index is -1.05. The largest absolute Gasteiger partial charge is 0.497 e. The van der Waals surface area contributed by atoms with Crippen LogP contribution in [0, 0.1) is 0 Å². The van der Waals surface area contributed by atoms with E-state index in [4.69, 9.17) is 14.2 Å². The van der Waals surface area contributed by atoms with E-state index in [0.717, 1.165) is 0 Å². The first kappa shape index (κ1) is 20.8. The van der Waals surface area contributed by atoms with Crippen molar-refractivity contribution in [2.75, 3.05) is 26.1 Å². The maximum Gasteiger partial charge on any atom is 0.326 e. The zero-order valence-electron chi connectivity index (χ0n) is 15.9. The molecule has 2 aromatic carbocycles. The highest BCUT2D eigenvalue weighted by Crippen LogP contribution is 2.23. The maximum atomic E-state index is 12.2. The van der Waals surface area contributed by atoms with Gasteiger partial charge in [-0.1, -0.05) is 12.1 Å². The third-order valence-corrected chi connectivity index (χ3v) is 3.79. The monoisotopic (exact) mass is 386 g/mol. The Morgan fingerprint density at radius 2 is 1.64 bits per heavy atom.